The molecule has 1 heterocycles. The first-order valence-corrected chi connectivity index (χ1v) is 5.79. The van der Waals surface area contributed by atoms with Crippen LogP contribution in [0.2, 0.25) is 0 Å². The molecular formula is C14H13FN2O3. The van der Waals surface area contributed by atoms with E-state index in [9.17, 15) is 9.18 Å². The van der Waals surface area contributed by atoms with Crippen LogP contribution in [0.25, 0.3) is 0 Å². The Morgan fingerprint density at radius 3 is 2.75 bits per heavy atom. The van der Waals surface area contributed by atoms with Crippen LogP contribution in [0.3, 0.4) is 0 Å². The van der Waals surface area contributed by atoms with Gasteiger partial charge in [0, 0.05) is 6.07 Å². The number of carbonyl (C=O) groups excluding carboxylic acids is 1. The quantitative estimate of drug-likeness (QED) is 0.872. The Kier molecular flexibility index (Phi) is 3.84. The maximum Gasteiger partial charge on any atom is 0.340 e. The maximum absolute atomic E-state index is 13.2. The number of halogens is 1. The van der Waals surface area contributed by atoms with E-state index in [2.05, 4.69) is 9.72 Å². The molecule has 2 aromatic rings. The third-order valence-electron chi connectivity index (χ3n) is 2.67. The monoisotopic (exact) mass is 276 g/mol. The summed E-state index contributed by atoms with van der Waals surface area (Å²) in [7, 11) is 1.26. The molecule has 0 radical (unpaired) electrons. The van der Waals surface area contributed by atoms with Gasteiger partial charge in [-0.2, -0.15) is 0 Å². The lowest BCUT2D eigenvalue weighted by Gasteiger charge is -2.08. The van der Waals surface area contributed by atoms with Crippen molar-refractivity contribution in [1.82, 2.24) is 4.98 Å². The van der Waals surface area contributed by atoms with Crippen LogP contribution in [0.15, 0.2) is 30.5 Å². The zero-order chi connectivity index (χ0) is 14.7. The number of hydrogen-bond donors (Lipinski definition) is 1. The summed E-state index contributed by atoms with van der Waals surface area (Å²) in [5, 5.41) is 0. The van der Waals surface area contributed by atoms with Gasteiger partial charge in [-0.1, -0.05) is 0 Å². The number of methoxy groups -OCH3 is 1. The second-order valence-corrected chi connectivity index (χ2v) is 4.11. The minimum absolute atomic E-state index is 0.163. The lowest BCUT2D eigenvalue weighted by Crippen LogP contribution is -2.06. The topological polar surface area (TPSA) is 74.4 Å². The van der Waals surface area contributed by atoms with Gasteiger partial charge in [-0.05, 0) is 30.7 Å². The maximum atomic E-state index is 13.2. The molecule has 0 spiro atoms. The summed E-state index contributed by atoms with van der Waals surface area (Å²) >= 11 is 0. The second kappa shape index (κ2) is 5.56. The van der Waals surface area contributed by atoms with Crippen molar-refractivity contribution in [3.8, 4) is 11.6 Å². The van der Waals surface area contributed by atoms with E-state index in [1.807, 2.05) is 0 Å². The van der Waals surface area contributed by atoms with Gasteiger partial charge in [-0.3, -0.25) is 0 Å². The number of anilines is 1. The van der Waals surface area contributed by atoms with Gasteiger partial charge in [0.1, 0.15) is 11.6 Å². The average Bonchev–Trinajstić information content (AvgIpc) is 2.44. The van der Waals surface area contributed by atoms with Crippen molar-refractivity contribution >= 4 is 11.7 Å². The highest BCUT2D eigenvalue weighted by Crippen LogP contribution is 2.24. The van der Waals surface area contributed by atoms with E-state index in [1.54, 1.807) is 6.92 Å². The number of hydrogen-bond acceptors (Lipinski definition) is 5. The van der Waals surface area contributed by atoms with Gasteiger partial charge >= 0.3 is 5.97 Å². The number of nitrogens with two attached hydrogens (primary N) is 1. The third-order valence-corrected chi connectivity index (χ3v) is 2.67. The Morgan fingerprint density at radius 2 is 2.10 bits per heavy atom. The van der Waals surface area contributed by atoms with Gasteiger partial charge in [-0.15, -0.1) is 0 Å². The zero-order valence-electron chi connectivity index (χ0n) is 11.0. The smallest absolute Gasteiger partial charge is 0.340 e. The van der Waals surface area contributed by atoms with Gasteiger partial charge in [0.05, 0.1) is 24.6 Å². The van der Waals surface area contributed by atoms with Gasteiger partial charge in [0.2, 0.25) is 5.88 Å². The Bertz CT molecular complexity index is 659. The number of aryl methyl sites for hydroxylation is 1. The fourth-order valence-corrected chi connectivity index (χ4v) is 1.59. The number of nitrogens with zero attached hydrogens (tertiary/aromatic N) is 1. The summed E-state index contributed by atoms with van der Waals surface area (Å²) in [4.78, 5) is 15.5. The van der Waals surface area contributed by atoms with Gasteiger partial charge in [0.15, 0.2) is 0 Å². The summed E-state index contributed by atoms with van der Waals surface area (Å²) in [5.74, 6) is -0.314. The Hall–Kier alpha value is -2.63. The predicted molar refractivity (Wildman–Crippen MR) is 71.2 cm³/mol. The molecule has 0 atom stereocenters. The molecule has 0 amide bonds. The highest BCUT2D eigenvalue weighted by atomic mass is 19.1. The molecule has 0 aliphatic rings. The van der Waals surface area contributed by atoms with E-state index < -0.39 is 5.97 Å². The first-order valence-electron chi connectivity index (χ1n) is 5.79. The number of ether oxygens (including phenoxy) is 2. The molecule has 104 valence electrons. The summed E-state index contributed by atoms with van der Waals surface area (Å²) < 4.78 is 23.2. The summed E-state index contributed by atoms with van der Waals surface area (Å²) in [6.45, 7) is 1.62. The molecule has 2 rings (SSSR count). The van der Waals surface area contributed by atoms with E-state index in [0.29, 0.717) is 11.3 Å². The molecule has 0 aliphatic heterocycles. The molecule has 2 N–H and O–H groups in total. The first-order chi connectivity index (χ1) is 9.51. The van der Waals surface area contributed by atoms with E-state index in [1.165, 1.54) is 37.6 Å². The van der Waals surface area contributed by atoms with Crippen LogP contribution < -0.4 is 10.5 Å². The van der Waals surface area contributed by atoms with Crippen molar-refractivity contribution in [3.63, 3.8) is 0 Å². The van der Waals surface area contributed by atoms with Gasteiger partial charge in [-0.25, -0.2) is 14.2 Å². The standard InChI is InChI=1S/C14H13FN2O3/c1-8-5-9(3-4-11(8)15)20-13-6-10(14(18)19-2)12(16)7-17-13/h3-7H,16H2,1-2H3. The molecule has 5 nitrogen and oxygen atoms in total. The zero-order valence-corrected chi connectivity index (χ0v) is 11.0. The van der Waals surface area contributed by atoms with Crippen LogP contribution in [-0.2, 0) is 4.74 Å². The summed E-state index contributed by atoms with van der Waals surface area (Å²) in [5.41, 5.74) is 6.44. The van der Waals surface area contributed by atoms with Crippen LogP contribution in [0.4, 0.5) is 10.1 Å². The third kappa shape index (κ3) is 2.85. The van der Waals surface area contributed by atoms with Gasteiger partial charge in [0.25, 0.3) is 0 Å². The van der Waals surface area contributed by atoms with Crippen LogP contribution in [0.1, 0.15) is 15.9 Å². The Balaban J connectivity index is 2.29. The number of benzene rings is 1. The van der Waals surface area contributed by atoms with Crippen molar-refractivity contribution in [2.24, 2.45) is 0 Å². The molecule has 0 saturated carbocycles. The van der Waals surface area contributed by atoms with Crippen molar-refractivity contribution < 1.29 is 18.7 Å². The Labute approximate surface area is 115 Å². The van der Waals surface area contributed by atoms with E-state index in [0.717, 1.165) is 0 Å². The highest BCUT2D eigenvalue weighted by molar-refractivity contribution is 5.95. The molecule has 0 bridgehead atoms. The highest BCUT2D eigenvalue weighted by Gasteiger charge is 2.13. The summed E-state index contributed by atoms with van der Waals surface area (Å²) in [6, 6.07) is 5.67. The normalized spacial score (nSPS) is 10.2. The number of aromatic nitrogens is 1. The molecule has 0 fully saturated rings. The van der Waals surface area contributed by atoms with E-state index >= 15 is 0 Å². The van der Waals surface area contributed by atoms with Crippen LogP contribution in [-0.4, -0.2) is 18.1 Å². The molecule has 0 saturated heterocycles. The van der Waals surface area contributed by atoms with Crippen molar-refractivity contribution in [3.05, 3.63) is 47.4 Å². The first kappa shape index (κ1) is 13.8. The molecule has 1 aromatic heterocycles. The van der Waals surface area contributed by atoms with Crippen LogP contribution >= 0.6 is 0 Å². The van der Waals surface area contributed by atoms with Crippen molar-refractivity contribution in [2.45, 2.75) is 6.92 Å². The molecule has 0 unspecified atom stereocenters. The van der Waals surface area contributed by atoms with Gasteiger partial charge < -0.3 is 15.2 Å². The fraction of sp³-hybridized carbons (Fsp3) is 0.143. The number of rotatable bonds is 3. The van der Waals surface area contributed by atoms with Crippen LogP contribution in [0.5, 0.6) is 11.6 Å². The largest absolute Gasteiger partial charge is 0.465 e. The summed E-state index contributed by atoms with van der Waals surface area (Å²) in [6.07, 6.45) is 1.30. The molecular weight excluding hydrogens is 263 g/mol. The molecule has 1 aromatic carbocycles. The number of pyridine rings is 1. The average molecular weight is 276 g/mol. The number of nitrogen functional groups attached to an aromatic ring is 1. The molecule has 6 heteroatoms. The van der Waals surface area contributed by atoms with Crippen molar-refractivity contribution in [2.75, 3.05) is 12.8 Å². The molecule has 0 aliphatic carbocycles. The predicted octanol–water partition coefficient (Wildman–Crippen LogP) is 2.69. The lowest BCUT2D eigenvalue weighted by molar-refractivity contribution is 0.0601. The second-order valence-electron chi connectivity index (χ2n) is 4.11. The van der Waals surface area contributed by atoms with E-state index in [4.69, 9.17) is 10.5 Å². The van der Waals surface area contributed by atoms with E-state index in [-0.39, 0.29) is 22.9 Å². The van der Waals surface area contributed by atoms with Crippen molar-refractivity contribution in [1.29, 1.82) is 0 Å². The lowest BCUT2D eigenvalue weighted by atomic mass is 10.2. The van der Waals surface area contributed by atoms with Crippen LogP contribution in [0, 0.1) is 12.7 Å². The number of carbonyl (C=O) groups is 1. The molecule has 20 heavy (non-hydrogen) atoms. The fourth-order valence-electron chi connectivity index (χ4n) is 1.59. The SMILES string of the molecule is COC(=O)c1cc(Oc2ccc(F)c(C)c2)ncc1N. The minimum atomic E-state index is -0.579. The minimum Gasteiger partial charge on any atom is -0.465 e. The Morgan fingerprint density at radius 1 is 1.35 bits per heavy atom. The number of esters is 1.